The molecule has 32 heavy (non-hydrogen) atoms. The Bertz CT molecular complexity index is 1130. The van der Waals surface area contributed by atoms with Crippen molar-refractivity contribution in [3.05, 3.63) is 46.0 Å². The molecule has 1 aliphatic rings. The van der Waals surface area contributed by atoms with Gasteiger partial charge in [0.25, 0.3) is 11.3 Å². The molecule has 9 heteroatoms. The van der Waals surface area contributed by atoms with Crippen LogP contribution in [0.4, 0.5) is 0 Å². The molecule has 0 unspecified atom stereocenters. The van der Waals surface area contributed by atoms with Crippen LogP contribution in [0.5, 0.6) is 0 Å². The van der Waals surface area contributed by atoms with Gasteiger partial charge < -0.3 is 14.7 Å². The summed E-state index contributed by atoms with van der Waals surface area (Å²) < 4.78 is 6.49. The molecule has 8 nitrogen and oxygen atoms in total. The number of benzene rings is 1. The Balaban J connectivity index is 1.37. The average Bonchev–Trinajstić information content (AvgIpc) is 3.18. The molecular weight excluding hydrogens is 430 g/mol. The summed E-state index contributed by atoms with van der Waals surface area (Å²) in [6, 6.07) is 6.94. The predicted octanol–water partition coefficient (Wildman–Crippen LogP) is 3.19. The molecular formula is C23H28ClN5O3. The fourth-order valence-corrected chi connectivity index (χ4v) is 4.64. The van der Waals surface area contributed by atoms with Gasteiger partial charge in [-0.05, 0) is 43.4 Å². The van der Waals surface area contributed by atoms with Gasteiger partial charge in [0.05, 0.1) is 0 Å². The first-order valence-corrected chi connectivity index (χ1v) is 11.4. The highest BCUT2D eigenvalue weighted by molar-refractivity contribution is 6.30. The number of carbonyl (C=O) groups is 1. The lowest BCUT2D eigenvalue weighted by atomic mass is 9.92. The number of rotatable bonds is 7. The van der Waals surface area contributed by atoms with Crippen LogP contribution in [-0.2, 0) is 11.3 Å². The minimum absolute atomic E-state index is 0.106. The number of fused-ring (bicyclic) bond motifs is 1. The number of hydrogen-bond acceptors (Lipinski definition) is 6. The fraction of sp³-hybridized carbons (Fsp3) is 0.478. The zero-order chi connectivity index (χ0) is 22.7. The van der Waals surface area contributed by atoms with E-state index in [9.17, 15) is 9.59 Å². The lowest BCUT2D eigenvalue weighted by molar-refractivity contribution is -0.121. The molecule has 1 saturated heterocycles. The Morgan fingerprint density at radius 2 is 1.94 bits per heavy atom. The standard InChI is InChI=1S/C23H28ClN5O3/c1-15-10-16(2)12-28(11-15)9-3-8-25-19(30)13-29-14-26-22-20(23(29)31)21(27-32-22)17-4-6-18(24)7-5-17/h4-7,14-16H,3,8-13H2,1-2H3,(H,25,30)/t15-,16-/m0/s1. The zero-order valence-corrected chi connectivity index (χ0v) is 19.1. The van der Waals surface area contributed by atoms with Crippen molar-refractivity contribution in [2.45, 2.75) is 33.2 Å². The molecule has 1 aromatic carbocycles. The van der Waals surface area contributed by atoms with E-state index in [2.05, 4.69) is 34.2 Å². The molecule has 0 bridgehead atoms. The van der Waals surface area contributed by atoms with Crippen molar-refractivity contribution < 1.29 is 9.32 Å². The quantitative estimate of drug-likeness (QED) is 0.547. The van der Waals surface area contributed by atoms with E-state index < -0.39 is 0 Å². The van der Waals surface area contributed by atoms with Crippen LogP contribution in [0.15, 0.2) is 39.9 Å². The lowest BCUT2D eigenvalue weighted by Gasteiger charge is -2.34. The molecule has 0 radical (unpaired) electrons. The normalized spacial score (nSPS) is 19.3. The van der Waals surface area contributed by atoms with Gasteiger partial charge in [-0.2, -0.15) is 0 Å². The van der Waals surface area contributed by atoms with Crippen LogP contribution < -0.4 is 10.9 Å². The number of aromatic nitrogens is 3. The number of nitrogens with zero attached hydrogens (tertiary/aromatic N) is 4. The van der Waals surface area contributed by atoms with Crippen LogP contribution >= 0.6 is 11.6 Å². The molecule has 170 valence electrons. The molecule has 2 aromatic heterocycles. The number of amides is 1. The molecule has 3 heterocycles. The van der Waals surface area contributed by atoms with Gasteiger partial charge in [-0.15, -0.1) is 0 Å². The predicted molar refractivity (Wildman–Crippen MR) is 124 cm³/mol. The van der Waals surface area contributed by atoms with E-state index in [4.69, 9.17) is 16.1 Å². The van der Waals surface area contributed by atoms with Crippen molar-refractivity contribution in [1.82, 2.24) is 24.9 Å². The third kappa shape index (κ3) is 5.19. The maximum absolute atomic E-state index is 13.0. The molecule has 0 saturated carbocycles. The van der Waals surface area contributed by atoms with E-state index in [1.165, 1.54) is 17.3 Å². The molecule has 1 N–H and O–H groups in total. The second-order valence-corrected chi connectivity index (χ2v) is 9.24. The third-order valence-corrected chi connectivity index (χ3v) is 6.06. The summed E-state index contributed by atoms with van der Waals surface area (Å²) in [5, 5.41) is 7.73. The first-order valence-electron chi connectivity index (χ1n) is 11.0. The molecule has 4 rings (SSSR count). The van der Waals surface area contributed by atoms with Gasteiger partial charge in [-0.25, -0.2) is 4.98 Å². The number of likely N-dealkylation sites (tertiary alicyclic amines) is 1. The van der Waals surface area contributed by atoms with Crippen LogP contribution in [0.3, 0.4) is 0 Å². The van der Waals surface area contributed by atoms with E-state index in [-0.39, 0.29) is 29.1 Å². The van der Waals surface area contributed by atoms with Crippen molar-refractivity contribution in [3.8, 4) is 11.3 Å². The molecule has 3 aromatic rings. The smallest absolute Gasteiger partial charge is 0.267 e. The molecule has 1 aliphatic heterocycles. The number of nitrogens with one attached hydrogen (secondary N) is 1. The molecule has 2 atom stereocenters. The number of halogens is 1. The van der Waals surface area contributed by atoms with Crippen molar-refractivity contribution >= 4 is 28.6 Å². The van der Waals surface area contributed by atoms with E-state index in [1.54, 1.807) is 24.3 Å². The van der Waals surface area contributed by atoms with Gasteiger partial charge in [-0.3, -0.25) is 14.2 Å². The SMILES string of the molecule is C[C@H]1C[C@H](C)CN(CCCNC(=O)Cn2cnc3onc(-c4ccc(Cl)cc4)c3c2=O)C1. The zero-order valence-electron chi connectivity index (χ0n) is 18.4. The van der Waals surface area contributed by atoms with Crippen molar-refractivity contribution in [1.29, 1.82) is 0 Å². The summed E-state index contributed by atoms with van der Waals surface area (Å²) in [7, 11) is 0. The van der Waals surface area contributed by atoms with Gasteiger partial charge in [0.15, 0.2) is 0 Å². The third-order valence-electron chi connectivity index (χ3n) is 5.81. The average molecular weight is 458 g/mol. The van der Waals surface area contributed by atoms with Gasteiger partial charge in [-0.1, -0.05) is 42.7 Å². The Morgan fingerprint density at radius 3 is 2.66 bits per heavy atom. The van der Waals surface area contributed by atoms with E-state index >= 15 is 0 Å². The number of hydrogen-bond donors (Lipinski definition) is 1. The van der Waals surface area contributed by atoms with Crippen molar-refractivity contribution in [2.24, 2.45) is 11.8 Å². The maximum Gasteiger partial charge on any atom is 0.267 e. The van der Waals surface area contributed by atoms with E-state index in [0.717, 1.165) is 37.9 Å². The van der Waals surface area contributed by atoms with Crippen LogP contribution in [0, 0.1) is 11.8 Å². The fourth-order valence-electron chi connectivity index (χ4n) is 4.51. The van der Waals surface area contributed by atoms with Gasteiger partial charge in [0, 0.05) is 30.2 Å². The Hall–Kier alpha value is -2.71. The molecule has 0 aliphatic carbocycles. The highest BCUT2D eigenvalue weighted by Gasteiger charge is 2.21. The molecule has 1 amide bonds. The minimum atomic E-state index is -0.368. The topological polar surface area (TPSA) is 93.3 Å². The summed E-state index contributed by atoms with van der Waals surface area (Å²) in [6.45, 7) is 8.26. The van der Waals surface area contributed by atoms with Crippen molar-refractivity contribution in [2.75, 3.05) is 26.2 Å². The van der Waals surface area contributed by atoms with Crippen LogP contribution in [0.2, 0.25) is 5.02 Å². The van der Waals surface area contributed by atoms with Gasteiger partial charge >= 0.3 is 0 Å². The summed E-state index contributed by atoms with van der Waals surface area (Å²) >= 11 is 5.94. The van der Waals surface area contributed by atoms with Crippen LogP contribution in [0.25, 0.3) is 22.4 Å². The van der Waals surface area contributed by atoms with Crippen LogP contribution in [-0.4, -0.2) is 51.7 Å². The summed E-state index contributed by atoms with van der Waals surface area (Å²) in [4.78, 5) is 32.0. The number of carbonyl (C=O) groups excluding carboxylic acids is 1. The maximum atomic E-state index is 13.0. The highest BCUT2D eigenvalue weighted by Crippen LogP contribution is 2.25. The largest absolute Gasteiger partial charge is 0.354 e. The van der Waals surface area contributed by atoms with E-state index in [0.29, 0.717) is 22.8 Å². The monoisotopic (exact) mass is 457 g/mol. The first-order chi connectivity index (χ1) is 15.4. The first kappa shape index (κ1) is 22.5. The van der Waals surface area contributed by atoms with Crippen LogP contribution in [0.1, 0.15) is 26.7 Å². The molecule has 0 spiro atoms. The second kappa shape index (κ2) is 9.83. The van der Waals surface area contributed by atoms with E-state index in [1.807, 2.05) is 0 Å². The summed E-state index contributed by atoms with van der Waals surface area (Å²) in [5.74, 6) is 1.22. The lowest BCUT2D eigenvalue weighted by Crippen LogP contribution is -2.40. The number of piperidine rings is 1. The molecule has 1 fully saturated rings. The summed E-state index contributed by atoms with van der Waals surface area (Å²) in [6.07, 6.45) is 3.48. The Morgan fingerprint density at radius 1 is 1.22 bits per heavy atom. The van der Waals surface area contributed by atoms with Gasteiger partial charge in [0.2, 0.25) is 5.91 Å². The van der Waals surface area contributed by atoms with Crippen molar-refractivity contribution in [3.63, 3.8) is 0 Å². The highest BCUT2D eigenvalue weighted by atomic mass is 35.5. The Kier molecular flexibility index (Phi) is 6.91. The second-order valence-electron chi connectivity index (χ2n) is 8.80. The summed E-state index contributed by atoms with van der Waals surface area (Å²) in [5.41, 5.74) is 0.846. The minimum Gasteiger partial charge on any atom is -0.354 e. The van der Waals surface area contributed by atoms with Gasteiger partial charge in [0.1, 0.15) is 24.0 Å². The Labute approximate surface area is 191 Å².